The van der Waals surface area contributed by atoms with Crippen LogP contribution in [0.5, 0.6) is 0 Å². The second-order valence-electron chi connectivity index (χ2n) is 3.31. The van der Waals surface area contributed by atoms with Gasteiger partial charge in [0.05, 0.1) is 19.1 Å². The van der Waals surface area contributed by atoms with Gasteiger partial charge in [-0.05, 0) is 12.8 Å². The molecule has 0 bridgehead atoms. The van der Waals surface area contributed by atoms with Gasteiger partial charge < -0.3 is 9.84 Å². The summed E-state index contributed by atoms with van der Waals surface area (Å²) in [6.45, 7) is 5.57. The minimum absolute atomic E-state index is 0.0682. The van der Waals surface area contributed by atoms with E-state index in [9.17, 15) is 9.90 Å². The number of ether oxygens (including phenoxy) is 1. The fraction of sp³-hybridized carbons (Fsp3) is 0.700. The second-order valence-corrected chi connectivity index (χ2v) is 3.31. The molecule has 76 valence electrons. The summed E-state index contributed by atoms with van der Waals surface area (Å²) in [6, 6.07) is 0. The molecule has 0 amide bonds. The topological polar surface area (TPSA) is 46.5 Å². The molecule has 0 rings (SSSR count). The first-order valence-electron chi connectivity index (χ1n) is 4.43. The van der Waals surface area contributed by atoms with Crippen LogP contribution in [0.15, 0.2) is 12.2 Å². The van der Waals surface area contributed by atoms with Gasteiger partial charge in [0.2, 0.25) is 0 Å². The Morgan fingerprint density at radius 1 is 1.46 bits per heavy atom. The van der Waals surface area contributed by atoms with Crippen molar-refractivity contribution in [3.8, 4) is 0 Å². The molecule has 1 N–H and O–H groups in total. The summed E-state index contributed by atoms with van der Waals surface area (Å²) in [5.41, 5.74) is 0. The molecular formula is C10H18O3. The van der Waals surface area contributed by atoms with Gasteiger partial charge in [-0.1, -0.05) is 26.0 Å². The Hall–Kier alpha value is -0.830. The Labute approximate surface area is 79.4 Å². The molecule has 2 atom stereocenters. The van der Waals surface area contributed by atoms with Crippen molar-refractivity contribution in [2.45, 2.75) is 26.9 Å². The summed E-state index contributed by atoms with van der Waals surface area (Å²) in [4.78, 5) is 11.3. The fourth-order valence-corrected chi connectivity index (χ4v) is 1.26. The van der Waals surface area contributed by atoms with Gasteiger partial charge in [0.25, 0.3) is 0 Å². The Balaban J connectivity index is 4.50. The van der Waals surface area contributed by atoms with E-state index in [4.69, 9.17) is 0 Å². The lowest BCUT2D eigenvalue weighted by molar-refractivity contribution is -0.150. The molecule has 0 aliphatic carbocycles. The number of allylic oxidation sites excluding steroid dienone is 1. The van der Waals surface area contributed by atoms with Crippen LogP contribution in [0, 0.1) is 11.8 Å². The van der Waals surface area contributed by atoms with Crippen LogP contribution in [0.3, 0.4) is 0 Å². The third kappa shape index (κ3) is 3.59. The molecule has 0 aromatic carbocycles. The van der Waals surface area contributed by atoms with E-state index >= 15 is 0 Å². The molecular weight excluding hydrogens is 168 g/mol. The Morgan fingerprint density at radius 2 is 2.00 bits per heavy atom. The molecule has 0 saturated carbocycles. The average Bonchev–Trinajstić information content (AvgIpc) is 2.04. The average molecular weight is 186 g/mol. The number of aliphatic hydroxyl groups is 1. The SMILES string of the molecule is C/C=C/[C@H](O)[C@H](C(=O)OC)C(C)C. The monoisotopic (exact) mass is 186 g/mol. The first kappa shape index (κ1) is 12.2. The number of carbonyl (C=O) groups is 1. The van der Waals surface area contributed by atoms with Gasteiger partial charge in [-0.15, -0.1) is 0 Å². The van der Waals surface area contributed by atoms with Crippen molar-refractivity contribution in [2.75, 3.05) is 7.11 Å². The van der Waals surface area contributed by atoms with Gasteiger partial charge in [-0.3, -0.25) is 4.79 Å². The van der Waals surface area contributed by atoms with Crippen molar-refractivity contribution >= 4 is 5.97 Å². The van der Waals surface area contributed by atoms with Crippen LogP contribution in [-0.4, -0.2) is 24.3 Å². The van der Waals surface area contributed by atoms with Crippen molar-refractivity contribution in [3.05, 3.63) is 12.2 Å². The van der Waals surface area contributed by atoms with Gasteiger partial charge in [-0.2, -0.15) is 0 Å². The fourth-order valence-electron chi connectivity index (χ4n) is 1.26. The molecule has 0 radical (unpaired) electrons. The highest BCUT2D eigenvalue weighted by Crippen LogP contribution is 2.18. The molecule has 0 aliphatic heterocycles. The Bertz CT molecular complexity index is 185. The van der Waals surface area contributed by atoms with Crippen LogP contribution in [-0.2, 0) is 9.53 Å². The second kappa shape index (κ2) is 5.75. The van der Waals surface area contributed by atoms with Crippen LogP contribution in [0.25, 0.3) is 0 Å². The van der Waals surface area contributed by atoms with Gasteiger partial charge in [0.1, 0.15) is 0 Å². The standard InChI is InChI=1S/C10H18O3/c1-5-6-8(11)9(7(2)3)10(12)13-4/h5-9,11H,1-4H3/b6-5+/t8-,9+/m0/s1. The van der Waals surface area contributed by atoms with E-state index < -0.39 is 12.0 Å². The number of hydrogen-bond acceptors (Lipinski definition) is 3. The van der Waals surface area contributed by atoms with Crippen molar-refractivity contribution in [1.29, 1.82) is 0 Å². The van der Waals surface area contributed by atoms with E-state index in [1.807, 2.05) is 13.8 Å². The van der Waals surface area contributed by atoms with Crippen LogP contribution in [0.4, 0.5) is 0 Å². The zero-order chi connectivity index (χ0) is 10.4. The van der Waals surface area contributed by atoms with Crippen molar-refractivity contribution in [2.24, 2.45) is 11.8 Å². The molecule has 13 heavy (non-hydrogen) atoms. The summed E-state index contributed by atoms with van der Waals surface area (Å²) >= 11 is 0. The molecule has 0 heterocycles. The lowest BCUT2D eigenvalue weighted by Gasteiger charge is -2.21. The lowest BCUT2D eigenvalue weighted by Crippen LogP contribution is -2.32. The highest BCUT2D eigenvalue weighted by molar-refractivity contribution is 5.73. The maximum absolute atomic E-state index is 11.3. The smallest absolute Gasteiger partial charge is 0.311 e. The summed E-state index contributed by atoms with van der Waals surface area (Å²) in [7, 11) is 1.33. The largest absolute Gasteiger partial charge is 0.469 e. The maximum Gasteiger partial charge on any atom is 0.311 e. The minimum Gasteiger partial charge on any atom is -0.469 e. The molecule has 3 nitrogen and oxygen atoms in total. The molecule has 0 spiro atoms. The van der Waals surface area contributed by atoms with Crippen molar-refractivity contribution in [1.82, 2.24) is 0 Å². The van der Waals surface area contributed by atoms with Crippen LogP contribution < -0.4 is 0 Å². The third-order valence-corrected chi connectivity index (χ3v) is 1.95. The number of rotatable bonds is 4. The minimum atomic E-state index is -0.752. The van der Waals surface area contributed by atoms with Gasteiger partial charge >= 0.3 is 5.97 Å². The van der Waals surface area contributed by atoms with Crippen molar-refractivity contribution < 1.29 is 14.6 Å². The van der Waals surface area contributed by atoms with E-state index in [0.29, 0.717) is 0 Å². The number of methoxy groups -OCH3 is 1. The zero-order valence-electron chi connectivity index (χ0n) is 8.65. The third-order valence-electron chi connectivity index (χ3n) is 1.95. The Kier molecular flexibility index (Phi) is 5.39. The van der Waals surface area contributed by atoms with Crippen molar-refractivity contribution in [3.63, 3.8) is 0 Å². The van der Waals surface area contributed by atoms with E-state index in [1.54, 1.807) is 19.1 Å². The Morgan fingerprint density at radius 3 is 2.31 bits per heavy atom. The summed E-state index contributed by atoms with van der Waals surface area (Å²) in [5, 5.41) is 9.59. The van der Waals surface area contributed by atoms with Gasteiger partial charge in [0, 0.05) is 0 Å². The van der Waals surface area contributed by atoms with Crippen LogP contribution in [0.1, 0.15) is 20.8 Å². The van der Waals surface area contributed by atoms with Crippen LogP contribution in [0.2, 0.25) is 0 Å². The first-order chi connectivity index (χ1) is 6.04. The molecule has 0 saturated heterocycles. The predicted molar refractivity (Wildman–Crippen MR) is 51.2 cm³/mol. The van der Waals surface area contributed by atoms with E-state index in [0.717, 1.165) is 0 Å². The number of esters is 1. The number of carbonyl (C=O) groups excluding carboxylic acids is 1. The zero-order valence-corrected chi connectivity index (χ0v) is 8.65. The molecule has 0 aromatic heterocycles. The maximum atomic E-state index is 11.3. The summed E-state index contributed by atoms with van der Waals surface area (Å²) in [6.07, 6.45) is 2.57. The van der Waals surface area contributed by atoms with E-state index in [2.05, 4.69) is 4.74 Å². The molecule has 0 fully saturated rings. The molecule has 0 aliphatic rings. The number of aliphatic hydroxyl groups excluding tert-OH is 1. The summed E-state index contributed by atoms with van der Waals surface area (Å²) in [5.74, 6) is -0.763. The molecule has 3 heteroatoms. The summed E-state index contributed by atoms with van der Waals surface area (Å²) < 4.78 is 4.61. The normalized spacial score (nSPS) is 16.2. The van der Waals surface area contributed by atoms with E-state index in [1.165, 1.54) is 7.11 Å². The predicted octanol–water partition coefficient (Wildman–Crippen LogP) is 1.37. The highest BCUT2D eigenvalue weighted by atomic mass is 16.5. The van der Waals surface area contributed by atoms with E-state index in [-0.39, 0.29) is 11.9 Å². The van der Waals surface area contributed by atoms with Gasteiger partial charge in [0.15, 0.2) is 0 Å². The number of hydrogen-bond donors (Lipinski definition) is 1. The molecule has 0 aromatic rings. The quantitative estimate of drug-likeness (QED) is 0.533. The first-order valence-corrected chi connectivity index (χ1v) is 4.43. The lowest BCUT2D eigenvalue weighted by atomic mass is 9.90. The van der Waals surface area contributed by atoms with Crippen LogP contribution >= 0.6 is 0 Å². The highest BCUT2D eigenvalue weighted by Gasteiger charge is 2.28. The van der Waals surface area contributed by atoms with Gasteiger partial charge in [-0.25, -0.2) is 0 Å². The molecule has 0 unspecified atom stereocenters.